The van der Waals surface area contributed by atoms with Gasteiger partial charge in [0.15, 0.2) is 6.10 Å². The molecule has 0 aromatic heterocycles. The van der Waals surface area contributed by atoms with Crippen molar-refractivity contribution in [2.75, 3.05) is 18.8 Å². The molecule has 122 valence electrons. The maximum atomic E-state index is 12.3. The number of ether oxygens (including phenoxy) is 1. The Morgan fingerprint density at radius 1 is 1.32 bits per heavy atom. The van der Waals surface area contributed by atoms with Crippen molar-refractivity contribution in [3.8, 4) is 5.75 Å². The van der Waals surface area contributed by atoms with Gasteiger partial charge in [-0.05, 0) is 76.4 Å². The summed E-state index contributed by atoms with van der Waals surface area (Å²) >= 11 is 0. The molecular formula is C17H27N3O2. The number of nitrogens with two attached hydrogens (primary N) is 1. The molecule has 0 saturated carbocycles. The van der Waals surface area contributed by atoms with Gasteiger partial charge in [0.25, 0.3) is 5.91 Å². The van der Waals surface area contributed by atoms with Crippen molar-refractivity contribution in [3.63, 3.8) is 0 Å². The van der Waals surface area contributed by atoms with E-state index in [-0.39, 0.29) is 11.9 Å². The van der Waals surface area contributed by atoms with Crippen molar-refractivity contribution in [3.05, 3.63) is 22.8 Å². The molecular weight excluding hydrogens is 278 g/mol. The zero-order valence-corrected chi connectivity index (χ0v) is 14.0. The Balaban J connectivity index is 2.03. The SMILES string of the molecule is Cc1cc(N)c(C)c(C)c1OC(C)C(=O)NC1CCNCC1. The van der Waals surface area contributed by atoms with Crippen LogP contribution in [-0.4, -0.2) is 31.1 Å². The van der Waals surface area contributed by atoms with E-state index in [1.54, 1.807) is 6.92 Å². The zero-order valence-electron chi connectivity index (χ0n) is 14.0. The first-order chi connectivity index (χ1) is 10.4. The standard InChI is InChI=1S/C17H27N3O2/c1-10-9-15(18)11(2)12(3)16(10)22-13(4)17(21)20-14-5-7-19-8-6-14/h9,13-14,19H,5-8,18H2,1-4H3,(H,20,21). The molecule has 0 bridgehead atoms. The summed E-state index contributed by atoms with van der Waals surface area (Å²) in [4.78, 5) is 12.3. The smallest absolute Gasteiger partial charge is 0.260 e. The van der Waals surface area contributed by atoms with Gasteiger partial charge < -0.3 is 21.1 Å². The lowest BCUT2D eigenvalue weighted by Crippen LogP contribution is -2.47. The average Bonchev–Trinajstić information content (AvgIpc) is 2.50. The van der Waals surface area contributed by atoms with E-state index in [0.29, 0.717) is 0 Å². The van der Waals surface area contributed by atoms with Gasteiger partial charge in [-0.3, -0.25) is 4.79 Å². The second kappa shape index (κ2) is 7.01. The molecule has 0 aliphatic carbocycles. The van der Waals surface area contributed by atoms with E-state index in [1.807, 2.05) is 26.8 Å². The van der Waals surface area contributed by atoms with Gasteiger partial charge in [-0.1, -0.05) is 0 Å². The number of hydrogen-bond donors (Lipinski definition) is 3. The third-order valence-electron chi connectivity index (χ3n) is 4.42. The lowest BCUT2D eigenvalue weighted by molar-refractivity contribution is -0.128. The van der Waals surface area contributed by atoms with Crippen molar-refractivity contribution in [2.24, 2.45) is 0 Å². The van der Waals surface area contributed by atoms with Crippen molar-refractivity contribution in [1.82, 2.24) is 10.6 Å². The van der Waals surface area contributed by atoms with Crippen LogP contribution in [0.4, 0.5) is 5.69 Å². The number of anilines is 1. The number of benzene rings is 1. The summed E-state index contributed by atoms with van der Waals surface area (Å²) in [5.41, 5.74) is 9.69. The van der Waals surface area contributed by atoms with Gasteiger partial charge in [0.2, 0.25) is 0 Å². The number of nitrogen functional groups attached to an aromatic ring is 1. The van der Waals surface area contributed by atoms with E-state index >= 15 is 0 Å². The Labute approximate surface area is 132 Å². The monoisotopic (exact) mass is 305 g/mol. The highest BCUT2D eigenvalue weighted by Gasteiger charge is 2.22. The molecule has 1 amide bonds. The number of amides is 1. The second-order valence-electron chi connectivity index (χ2n) is 6.15. The van der Waals surface area contributed by atoms with Gasteiger partial charge in [-0.15, -0.1) is 0 Å². The van der Waals surface area contributed by atoms with Crippen LogP contribution in [0.25, 0.3) is 0 Å². The first-order valence-corrected chi connectivity index (χ1v) is 7.94. The molecule has 4 N–H and O–H groups in total. The molecule has 1 aliphatic heterocycles. The predicted octanol–water partition coefficient (Wildman–Crippen LogP) is 1.83. The van der Waals surface area contributed by atoms with Crippen LogP contribution in [-0.2, 0) is 4.79 Å². The van der Waals surface area contributed by atoms with Gasteiger partial charge in [0, 0.05) is 11.7 Å². The molecule has 0 radical (unpaired) electrons. The third kappa shape index (κ3) is 3.71. The summed E-state index contributed by atoms with van der Waals surface area (Å²) in [5, 5.41) is 6.36. The molecule has 2 rings (SSSR count). The van der Waals surface area contributed by atoms with Crippen LogP contribution < -0.4 is 21.1 Å². The molecule has 1 fully saturated rings. The molecule has 22 heavy (non-hydrogen) atoms. The van der Waals surface area contributed by atoms with Gasteiger partial charge >= 0.3 is 0 Å². The Bertz CT molecular complexity index is 551. The molecule has 1 aliphatic rings. The van der Waals surface area contributed by atoms with Gasteiger partial charge in [-0.2, -0.15) is 0 Å². The van der Waals surface area contributed by atoms with E-state index in [2.05, 4.69) is 10.6 Å². The fourth-order valence-corrected chi connectivity index (χ4v) is 2.79. The van der Waals surface area contributed by atoms with Crippen LogP contribution in [0.1, 0.15) is 36.5 Å². The van der Waals surface area contributed by atoms with Crippen LogP contribution in [0.15, 0.2) is 6.07 Å². The van der Waals surface area contributed by atoms with Crippen molar-refractivity contribution < 1.29 is 9.53 Å². The van der Waals surface area contributed by atoms with Crippen molar-refractivity contribution in [2.45, 2.75) is 52.7 Å². The normalized spacial score (nSPS) is 17.1. The summed E-state index contributed by atoms with van der Waals surface area (Å²) in [7, 11) is 0. The summed E-state index contributed by atoms with van der Waals surface area (Å²) in [5.74, 6) is 0.708. The van der Waals surface area contributed by atoms with E-state index in [0.717, 1.165) is 54.1 Å². The lowest BCUT2D eigenvalue weighted by Gasteiger charge is -2.26. The number of rotatable bonds is 4. The fraction of sp³-hybridized carbons (Fsp3) is 0.588. The van der Waals surface area contributed by atoms with Crippen LogP contribution >= 0.6 is 0 Å². The number of nitrogens with one attached hydrogen (secondary N) is 2. The highest BCUT2D eigenvalue weighted by Crippen LogP contribution is 2.30. The minimum Gasteiger partial charge on any atom is -0.480 e. The summed E-state index contributed by atoms with van der Waals surface area (Å²) in [6.07, 6.45) is 1.42. The molecule has 5 heteroatoms. The topological polar surface area (TPSA) is 76.4 Å². The second-order valence-corrected chi connectivity index (χ2v) is 6.15. The molecule has 1 aromatic carbocycles. The highest BCUT2D eigenvalue weighted by molar-refractivity contribution is 5.81. The Hall–Kier alpha value is -1.75. The number of hydrogen-bond acceptors (Lipinski definition) is 4. The summed E-state index contributed by atoms with van der Waals surface area (Å²) in [6.45, 7) is 9.60. The number of piperidine rings is 1. The highest BCUT2D eigenvalue weighted by atomic mass is 16.5. The van der Waals surface area contributed by atoms with E-state index in [4.69, 9.17) is 10.5 Å². The van der Waals surface area contributed by atoms with Crippen molar-refractivity contribution in [1.29, 1.82) is 0 Å². The first kappa shape index (κ1) is 16.6. The quantitative estimate of drug-likeness (QED) is 0.742. The Morgan fingerprint density at radius 2 is 1.95 bits per heavy atom. The minimum atomic E-state index is -0.518. The molecule has 5 nitrogen and oxygen atoms in total. The van der Waals surface area contributed by atoms with Crippen LogP contribution in [0.5, 0.6) is 5.75 Å². The first-order valence-electron chi connectivity index (χ1n) is 7.94. The molecule has 1 heterocycles. The van der Waals surface area contributed by atoms with E-state index in [1.165, 1.54) is 0 Å². The number of carbonyl (C=O) groups excluding carboxylic acids is 1. The molecule has 1 saturated heterocycles. The fourth-order valence-electron chi connectivity index (χ4n) is 2.79. The maximum Gasteiger partial charge on any atom is 0.260 e. The average molecular weight is 305 g/mol. The minimum absolute atomic E-state index is 0.0554. The molecule has 1 unspecified atom stereocenters. The molecule has 0 spiro atoms. The van der Waals surface area contributed by atoms with Gasteiger partial charge in [-0.25, -0.2) is 0 Å². The van der Waals surface area contributed by atoms with Gasteiger partial charge in [0.1, 0.15) is 5.75 Å². The largest absolute Gasteiger partial charge is 0.480 e. The predicted molar refractivity (Wildman–Crippen MR) is 89.2 cm³/mol. The molecule has 1 aromatic rings. The summed E-state index contributed by atoms with van der Waals surface area (Å²) < 4.78 is 5.93. The third-order valence-corrected chi connectivity index (χ3v) is 4.42. The van der Waals surface area contributed by atoms with Crippen LogP contribution in [0.2, 0.25) is 0 Å². The summed E-state index contributed by atoms with van der Waals surface area (Å²) in [6, 6.07) is 2.14. The van der Waals surface area contributed by atoms with E-state index < -0.39 is 6.10 Å². The Kier molecular flexibility index (Phi) is 5.29. The Morgan fingerprint density at radius 3 is 2.59 bits per heavy atom. The number of aryl methyl sites for hydroxylation is 1. The zero-order chi connectivity index (χ0) is 16.3. The maximum absolute atomic E-state index is 12.3. The van der Waals surface area contributed by atoms with Gasteiger partial charge in [0.05, 0.1) is 0 Å². The van der Waals surface area contributed by atoms with Crippen LogP contribution in [0, 0.1) is 20.8 Å². The number of carbonyl (C=O) groups is 1. The van der Waals surface area contributed by atoms with Crippen LogP contribution in [0.3, 0.4) is 0 Å². The van der Waals surface area contributed by atoms with Crippen molar-refractivity contribution >= 4 is 11.6 Å². The molecule has 1 atom stereocenters. The lowest BCUT2D eigenvalue weighted by atomic mass is 10.0. The van der Waals surface area contributed by atoms with E-state index in [9.17, 15) is 4.79 Å².